The lowest BCUT2D eigenvalue weighted by molar-refractivity contribution is -0.274. The zero-order valence-electron chi connectivity index (χ0n) is 14.6. The van der Waals surface area contributed by atoms with Crippen LogP contribution >= 0.6 is 0 Å². The zero-order valence-corrected chi connectivity index (χ0v) is 14.6. The van der Waals surface area contributed by atoms with E-state index in [2.05, 4.69) is 10.1 Å². The SMILES string of the molecule is CC(C(=O)Nc1ccc(OC(F)(F)F)cc1)N1C(=O)C2CCCCC2C1=O. The molecule has 1 saturated heterocycles. The van der Waals surface area contributed by atoms with E-state index in [1.807, 2.05) is 0 Å². The van der Waals surface area contributed by atoms with Crippen LogP contribution in [-0.2, 0) is 14.4 Å². The number of likely N-dealkylation sites (tertiary alicyclic amines) is 1. The van der Waals surface area contributed by atoms with Crippen LogP contribution in [0.25, 0.3) is 0 Å². The van der Waals surface area contributed by atoms with Crippen molar-refractivity contribution in [2.45, 2.75) is 45.0 Å². The summed E-state index contributed by atoms with van der Waals surface area (Å²) in [5, 5.41) is 2.51. The molecule has 0 aromatic heterocycles. The lowest BCUT2D eigenvalue weighted by Crippen LogP contribution is -2.46. The molecule has 1 aromatic carbocycles. The molecule has 3 unspecified atom stereocenters. The first-order chi connectivity index (χ1) is 12.7. The van der Waals surface area contributed by atoms with Gasteiger partial charge in [0.05, 0.1) is 11.8 Å². The molecular formula is C18H19F3N2O4. The van der Waals surface area contributed by atoms with Gasteiger partial charge in [-0.1, -0.05) is 12.8 Å². The van der Waals surface area contributed by atoms with Gasteiger partial charge >= 0.3 is 6.36 Å². The van der Waals surface area contributed by atoms with Crippen molar-refractivity contribution in [3.05, 3.63) is 24.3 Å². The highest BCUT2D eigenvalue weighted by Crippen LogP contribution is 2.39. The van der Waals surface area contributed by atoms with Crippen LogP contribution in [0.15, 0.2) is 24.3 Å². The molecule has 1 aromatic rings. The predicted octanol–water partition coefficient (Wildman–Crippen LogP) is 3.09. The van der Waals surface area contributed by atoms with Crippen molar-refractivity contribution in [2.24, 2.45) is 11.8 Å². The highest BCUT2D eigenvalue weighted by Gasteiger charge is 2.50. The first-order valence-electron chi connectivity index (χ1n) is 8.71. The van der Waals surface area contributed by atoms with E-state index in [4.69, 9.17) is 0 Å². The van der Waals surface area contributed by atoms with Crippen LogP contribution in [-0.4, -0.2) is 35.0 Å². The Bertz CT molecular complexity index is 724. The van der Waals surface area contributed by atoms with Crippen LogP contribution in [0, 0.1) is 11.8 Å². The molecule has 6 nitrogen and oxygen atoms in total. The number of imide groups is 1. The fraction of sp³-hybridized carbons (Fsp3) is 0.500. The third-order valence-electron chi connectivity index (χ3n) is 5.00. The van der Waals surface area contributed by atoms with Crippen LogP contribution < -0.4 is 10.1 Å². The number of nitrogens with one attached hydrogen (secondary N) is 1. The largest absolute Gasteiger partial charge is 0.573 e. The summed E-state index contributed by atoms with van der Waals surface area (Å²) in [7, 11) is 0. The van der Waals surface area contributed by atoms with Crippen LogP contribution in [0.2, 0.25) is 0 Å². The van der Waals surface area contributed by atoms with Crippen LogP contribution in [0.1, 0.15) is 32.6 Å². The Morgan fingerprint density at radius 3 is 2.11 bits per heavy atom. The van der Waals surface area contributed by atoms with E-state index in [0.29, 0.717) is 12.8 Å². The predicted molar refractivity (Wildman–Crippen MR) is 88.5 cm³/mol. The number of halogens is 3. The van der Waals surface area contributed by atoms with E-state index in [9.17, 15) is 27.6 Å². The van der Waals surface area contributed by atoms with Gasteiger partial charge in [-0.3, -0.25) is 19.3 Å². The molecule has 3 amide bonds. The molecule has 9 heteroatoms. The van der Waals surface area contributed by atoms with E-state index in [0.717, 1.165) is 29.9 Å². The van der Waals surface area contributed by atoms with Gasteiger partial charge in [0.15, 0.2) is 0 Å². The van der Waals surface area contributed by atoms with Gasteiger partial charge in [-0.15, -0.1) is 13.2 Å². The molecule has 0 radical (unpaired) electrons. The number of benzene rings is 1. The normalized spacial score (nSPS) is 23.8. The number of carbonyl (C=O) groups excluding carboxylic acids is 3. The molecule has 1 N–H and O–H groups in total. The molecule has 27 heavy (non-hydrogen) atoms. The first-order valence-corrected chi connectivity index (χ1v) is 8.71. The van der Waals surface area contributed by atoms with Crippen molar-refractivity contribution in [3.8, 4) is 5.75 Å². The highest BCUT2D eigenvalue weighted by atomic mass is 19.4. The van der Waals surface area contributed by atoms with Gasteiger partial charge in [0.1, 0.15) is 11.8 Å². The molecule has 3 rings (SSSR count). The maximum atomic E-state index is 12.5. The summed E-state index contributed by atoms with van der Waals surface area (Å²) < 4.78 is 40.3. The van der Waals surface area contributed by atoms with Gasteiger partial charge in [-0.25, -0.2) is 0 Å². The van der Waals surface area contributed by atoms with E-state index < -0.39 is 24.1 Å². The quantitative estimate of drug-likeness (QED) is 0.810. The fourth-order valence-corrected chi connectivity index (χ4v) is 3.67. The second kappa shape index (κ2) is 7.21. The van der Waals surface area contributed by atoms with E-state index >= 15 is 0 Å². The number of hydrogen-bond donors (Lipinski definition) is 1. The Kier molecular flexibility index (Phi) is 5.12. The van der Waals surface area contributed by atoms with Crippen LogP contribution in [0.3, 0.4) is 0 Å². The summed E-state index contributed by atoms with van der Waals surface area (Å²) in [6.07, 6.45) is -1.71. The van der Waals surface area contributed by atoms with E-state index in [-0.39, 0.29) is 29.3 Å². The maximum absolute atomic E-state index is 12.5. The third kappa shape index (κ3) is 4.06. The zero-order chi connectivity index (χ0) is 19.8. The average Bonchev–Trinajstić information content (AvgIpc) is 2.86. The summed E-state index contributed by atoms with van der Waals surface area (Å²) in [5.41, 5.74) is 0.234. The smallest absolute Gasteiger partial charge is 0.406 e. The number of hydrogen-bond acceptors (Lipinski definition) is 4. The van der Waals surface area contributed by atoms with E-state index in [1.165, 1.54) is 19.1 Å². The molecule has 0 spiro atoms. The van der Waals surface area contributed by atoms with Crippen molar-refractivity contribution in [3.63, 3.8) is 0 Å². The first kappa shape index (κ1) is 19.2. The van der Waals surface area contributed by atoms with Gasteiger partial charge in [0.2, 0.25) is 17.7 Å². The number of nitrogens with zero attached hydrogens (tertiary/aromatic N) is 1. The molecule has 1 aliphatic carbocycles. The van der Waals surface area contributed by atoms with Crippen molar-refractivity contribution in [1.82, 2.24) is 4.90 Å². The summed E-state index contributed by atoms with van der Waals surface area (Å²) >= 11 is 0. The third-order valence-corrected chi connectivity index (χ3v) is 5.00. The number of amides is 3. The lowest BCUT2D eigenvalue weighted by Gasteiger charge is -2.22. The second-order valence-electron chi connectivity index (χ2n) is 6.78. The van der Waals surface area contributed by atoms with Crippen LogP contribution in [0.4, 0.5) is 18.9 Å². The van der Waals surface area contributed by atoms with Crippen molar-refractivity contribution < 1.29 is 32.3 Å². The Morgan fingerprint density at radius 1 is 1.11 bits per heavy atom. The molecule has 1 aliphatic heterocycles. The van der Waals surface area contributed by atoms with Gasteiger partial charge in [-0.2, -0.15) is 0 Å². The second-order valence-corrected chi connectivity index (χ2v) is 6.78. The Morgan fingerprint density at radius 2 is 1.63 bits per heavy atom. The summed E-state index contributed by atoms with van der Waals surface area (Å²) in [6, 6.07) is 3.63. The van der Waals surface area contributed by atoms with Crippen LogP contribution in [0.5, 0.6) is 5.75 Å². The molecule has 1 heterocycles. The molecule has 2 aliphatic rings. The fourth-order valence-electron chi connectivity index (χ4n) is 3.67. The standard InChI is InChI=1S/C18H19F3N2O4/c1-10(23-16(25)13-4-2-3-5-14(13)17(23)26)15(24)22-11-6-8-12(9-7-11)27-18(19,20)21/h6-10,13-14H,2-5H2,1H3,(H,22,24). The molecular weight excluding hydrogens is 365 g/mol. The minimum Gasteiger partial charge on any atom is -0.406 e. The number of anilines is 1. The Balaban J connectivity index is 1.65. The minimum atomic E-state index is -4.80. The number of alkyl halides is 3. The Hall–Kier alpha value is -2.58. The molecule has 0 bridgehead atoms. The van der Waals surface area contributed by atoms with Crippen molar-refractivity contribution in [2.75, 3.05) is 5.32 Å². The molecule has 2 fully saturated rings. The maximum Gasteiger partial charge on any atom is 0.573 e. The summed E-state index contributed by atoms with van der Waals surface area (Å²) in [6.45, 7) is 1.46. The average molecular weight is 384 g/mol. The summed E-state index contributed by atoms with van der Waals surface area (Å²) in [5.74, 6) is -2.33. The topological polar surface area (TPSA) is 75.7 Å². The molecule has 1 saturated carbocycles. The molecule has 146 valence electrons. The van der Waals surface area contributed by atoms with Crippen molar-refractivity contribution >= 4 is 23.4 Å². The van der Waals surface area contributed by atoms with Gasteiger partial charge < -0.3 is 10.1 Å². The number of rotatable bonds is 4. The van der Waals surface area contributed by atoms with Gasteiger partial charge in [0.25, 0.3) is 0 Å². The minimum absolute atomic E-state index is 0.234. The van der Waals surface area contributed by atoms with Gasteiger partial charge in [0, 0.05) is 5.69 Å². The lowest BCUT2D eigenvalue weighted by atomic mass is 9.81. The molecule has 3 atom stereocenters. The van der Waals surface area contributed by atoms with Gasteiger partial charge in [-0.05, 0) is 44.0 Å². The number of carbonyl (C=O) groups is 3. The number of fused-ring (bicyclic) bond motifs is 1. The summed E-state index contributed by atoms with van der Waals surface area (Å²) in [4.78, 5) is 38.5. The monoisotopic (exact) mass is 384 g/mol. The highest BCUT2D eigenvalue weighted by molar-refractivity contribution is 6.09. The van der Waals surface area contributed by atoms with E-state index in [1.54, 1.807) is 0 Å². The Labute approximate surface area is 153 Å². The van der Waals surface area contributed by atoms with Crippen molar-refractivity contribution in [1.29, 1.82) is 0 Å². The number of ether oxygens (including phenoxy) is 1.